The molecule has 2 aromatic rings. The van der Waals surface area contributed by atoms with E-state index in [1.807, 2.05) is 60.7 Å². The summed E-state index contributed by atoms with van der Waals surface area (Å²) in [5.41, 5.74) is 2.08. The van der Waals surface area contributed by atoms with Gasteiger partial charge in [-0.25, -0.2) is 4.79 Å². The smallest absolute Gasteiger partial charge is 0.274 e. The van der Waals surface area contributed by atoms with Gasteiger partial charge in [0.2, 0.25) is 11.8 Å². The maximum absolute atomic E-state index is 13.1. The second-order valence-electron chi connectivity index (χ2n) is 7.54. The largest absolute Gasteiger partial charge is 0.333 e. The molecule has 5 heteroatoms. The molecule has 0 bridgehead atoms. The fourth-order valence-corrected chi connectivity index (χ4v) is 4.31. The lowest BCUT2D eigenvalue weighted by atomic mass is 9.90. The van der Waals surface area contributed by atoms with Gasteiger partial charge in [-0.05, 0) is 24.0 Å². The van der Waals surface area contributed by atoms with Crippen molar-refractivity contribution in [2.75, 3.05) is 6.54 Å². The second kappa shape index (κ2) is 7.97. The van der Waals surface area contributed by atoms with E-state index in [2.05, 4.69) is 0 Å². The van der Waals surface area contributed by atoms with Crippen molar-refractivity contribution in [2.24, 2.45) is 0 Å². The van der Waals surface area contributed by atoms with Gasteiger partial charge in [-0.2, -0.15) is 0 Å². The number of carbonyl (C=O) groups excluding carboxylic acids is 3. The minimum atomic E-state index is -0.454. The molecule has 1 heterocycles. The number of nitrogens with zero attached hydrogens (tertiary/aromatic N) is 2. The lowest BCUT2D eigenvalue weighted by Gasteiger charge is -2.37. The van der Waals surface area contributed by atoms with Crippen molar-refractivity contribution in [2.45, 2.75) is 44.1 Å². The van der Waals surface area contributed by atoms with Gasteiger partial charge in [0.1, 0.15) is 6.42 Å². The van der Waals surface area contributed by atoms with Crippen molar-refractivity contribution >= 4 is 17.8 Å². The summed E-state index contributed by atoms with van der Waals surface area (Å²) in [5.74, 6) is -0.885. The molecule has 1 aliphatic heterocycles. The predicted octanol–water partition coefficient (Wildman–Crippen LogP) is 3.94. The first kappa shape index (κ1) is 18.4. The Balaban J connectivity index is 1.64. The molecule has 0 atom stereocenters. The minimum absolute atomic E-state index is 0.0671. The first-order valence-electron chi connectivity index (χ1n) is 9.91. The zero-order chi connectivity index (χ0) is 19.5. The first-order chi connectivity index (χ1) is 13.6. The van der Waals surface area contributed by atoms with E-state index in [4.69, 9.17) is 0 Å². The predicted molar refractivity (Wildman–Crippen MR) is 106 cm³/mol. The number of carbonyl (C=O) groups is 3. The van der Waals surface area contributed by atoms with Crippen molar-refractivity contribution in [3.63, 3.8) is 0 Å². The van der Waals surface area contributed by atoms with Crippen molar-refractivity contribution in [1.29, 1.82) is 0 Å². The molecular weight excluding hydrogens is 352 g/mol. The monoisotopic (exact) mass is 376 g/mol. The normalized spacial score (nSPS) is 18.4. The molecule has 0 unspecified atom stereocenters. The Kier molecular flexibility index (Phi) is 5.24. The lowest BCUT2D eigenvalue weighted by molar-refractivity contribution is -0.143. The molecule has 2 aromatic carbocycles. The summed E-state index contributed by atoms with van der Waals surface area (Å²) in [4.78, 5) is 40.8. The molecule has 1 aliphatic carbocycles. The van der Waals surface area contributed by atoms with Crippen LogP contribution in [0.25, 0.3) is 0 Å². The van der Waals surface area contributed by atoms with E-state index in [0.717, 1.165) is 36.8 Å². The fraction of sp³-hybridized carbons (Fsp3) is 0.348. The maximum atomic E-state index is 13.1. The van der Waals surface area contributed by atoms with Gasteiger partial charge in [-0.15, -0.1) is 0 Å². The van der Waals surface area contributed by atoms with Crippen LogP contribution in [0.5, 0.6) is 0 Å². The molecule has 144 valence electrons. The summed E-state index contributed by atoms with van der Waals surface area (Å²) in [6, 6.07) is 19.2. The summed E-state index contributed by atoms with van der Waals surface area (Å²) >= 11 is 0. The lowest BCUT2D eigenvalue weighted by Crippen LogP contribution is -2.58. The zero-order valence-electron chi connectivity index (χ0n) is 15.8. The third kappa shape index (κ3) is 3.57. The standard InChI is InChI=1S/C23H24N2O3/c26-21-15-22(27)25(19-13-7-8-14-19)23(28)24(21)16-20(17-9-3-1-4-10-17)18-11-5-2-6-12-18/h1-6,9-12,19-20H,7-8,13-16H2. The number of rotatable bonds is 5. The Hall–Kier alpha value is -2.95. The van der Waals surface area contributed by atoms with E-state index in [1.165, 1.54) is 9.80 Å². The highest BCUT2D eigenvalue weighted by Gasteiger charge is 2.43. The Morgan fingerprint density at radius 3 is 1.86 bits per heavy atom. The van der Waals surface area contributed by atoms with Crippen molar-refractivity contribution in [3.8, 4) is 0 Å². The van der Waals surface area contributed by atoms with E-state index in [-0.39, 0.29) is 30.8 Å². The number of hydrogen-bond donors (Lipinski definition) is 0. The average molecular weight is 376 g/mol. The number of barbiturate groups is 1. The van der Waals surface area contributed by atoms with Gasteiger partial charge in [0, 0.05) is 18.5 Å². The highest BCUT2D eigenvalue weighted by molar-refractivity contribution is 6.14. The number of amides is 4. The van der Waals surface area contributed by atoms with Crippen molar-refractivity contribution < 1.29 is 14.4 Å². The maximum Gasteiger partial charge on any atom is 0.333 e. The van der Waals surface area contributed by atoms with E-state index in [0.29, 0.717) is 0 Å². The Bertz CT molecular complexity index is 820. The van der Waals surface area contributed by atoms with E-state index >= 15 is 0 Å². The molecule has 4 rings (SSSR count). The van der Waals surface area contributed by atoms with Crippen LogP contribution in [0, 0.1) is 0 Å². The van der Waals surface area contributed by atoms with Gasteiger partial charge in [-0.3, -0.25) is 19.4 Å². The molecule has 0 aromatic heterocycles. The van der Waals surface area contributed by atoms with Crippen LogP contribution in [0.3, 0.4) is 0 Å². The van der Waals surface area contributed by atoms with Gasteiger partial charge in [-0.1, -0.05) is 73.5 Å². The molecule has 4 amide bonds. The van der Waals surface area contributed by atoms with Crippen LogP contribution in [0.15, 0.2) is 60.7 Å². The van der Waals surface area contributed by atoms with Gasteiger partial charge in [0.15, 0.2) is 0 Å². The van der Waals surface area contributed by atoms with Crippen molar-refractivity contribution in [3.05, 3.63) is 71.8 Å². The topological polar surface area (TPSA) is 57.7 Å². The Morgan fingerprint density at radius 2 is 1.32 bits per heavy atom. The third-order valence-electron chi connectivity index (χ3n) is 5.77. The SMILES string of the molecule is O=C1CC(=O)N(C2CCCC2)C(=O)N1CC(c1ccccc1)c1ccccc1. The molecule has 0 radical (unpaired) electrons. The third-order valence-corrected chi connectivity index (χ3v) is 5.77. The molecule has 1 saturated heterocycles. The second-order valence-corrected chi connectivity index (χ2v) is 7.54. The van der Waals surface area contributed by atoms with Gasteiger partial charge < -0.3 is 0 Å². The van der Waals surface area contributed by atoms with E-state index < -0.39 is 11.9 Å². The molecule has 5 nitrogen and oxygen atoms in total. The van der Waals surface area contributed by atoms with Crippen LogP contribution < -0.4 is 0 Å². The van der Waals surface area contributed by atoms with Gasteiger partial charge in [0.05, 0.1) is 0 Å². The fourth-order valence-electron chi connectivity index (χ4n) is 4.31. The molecule has 0 spiro atoms. The Morgan fingerprint density at radius 1 is 0.786 bits per heavy atom. The zero-order valence-corrected chi connectivity index (χ0v) is 15.8. The summed E-state index contributed by atoms with van der Waals surface area (Å²) in [6.07, 6.45) is 3.48. The first-order valence-corrected chi connectivity index (χ1v) is 9.91. The number of urea groups is 1. The highest BCUT2D eigenvalue weighted by atomic mass is 16.2. The molecule has 0 N–H and O–H groups in total. The summed E-state index contributed by atoms with van der Waals surface area (Å²) in [6.45, 7) is 0.238. The average Bonchev–Trinajstić information content (AvgIpc) is 3.23. The minimum Gasteiger partial charge on any atom is -0.274 e. The molecule has 28 heavy (non-hydrogen) atoms. The van der Waals surface area contributed by atoms with Crippen molar-refractivity contribution in [1.82, 2.24) is 9.80 Å². The summed E-state index contributed by atoms with van der Waals surface area (Å²) < 4.78 is 0. The van der Waals surface area contributed by atoms with Crippen LogP contribution in [-0.4, -0.2) is 40.2 Å². The van der Waals surface area contributed by atoms with E-state index in [9.17, 15) is 14.4 Å². The molecule has 2 fully saturated rings. The molecule has 1 saturated carbocycles. The number of imide groups is 2. The Labute approximate surface area is 164 Å². The molecule has 2 aliphatic rings. The quantitative estimate of drug-likeness (QED) is 0.743. The summed E-state index contributed by atoms with van der Waals surface area (Å²) in [7, 11) is 0. The molecular formula is C23H24N2O3. The number of benzene rings is 2. The van der Waals surface area contributed by atoms with Crippen LogP contribution in [-0.2, 0) is 9.59 Å². The van der Waals surface area contributed by atoms with Gasteiger partial charge >= 0.3 is 6.03 Å². The highest BCUT2D eigenvalue weighted by Crippen LogP contribution is 2.30. The van der Waals surface area contributed by atoms with Crippen LogP contribution >= 0.6 is 0 Å². The number of hydrogen-bond acceptors (Lipinski definition) is 3. The van der Waals surface area contributed by atoms with Crippen LogP contribution in [0.1, 0.15) is 49.1 Å². The summed E-state index contributed by atoms with van der Waals surface area (Å²) in [5, 5.41) is 0. The van der Waals surface area contributed by atoms with E-state index in [1.54, 1.807) is 0 Å². The van der Waals surface area contributed by atoms with Crippen LogP contribution in [0.4, 0.5) is 4.79 Å². The van der Waals surface area contributed by atoms with Gasteiger partial charge in [0.25, 0.3) is 0 Å². The van der Waals surface area contributed by atoms with Crippen LogP contribution in [0.2, 0.25) is 0 Å².